The molecule has 0 amide bonds. The summed E-state index contributed by atoms with van der Waals surface area (Å²) < 4.78 is 5.49. The predicted octanol–water partition coefficient (Wildman–Crippen LogP) is 2.35. The van der Waals surface area contributed by atoms with Crippen molar-refractivity contribution in [3.63, 3.8) is 0 Å². The molecule has 0 saturated carbocycles. The largest absolute Gasteiger partial charge is 0.382 e. The van der Waals surface area contributed by atoms with Crippen LogP contribution in [0.15, 0.2) is 18.5 Å². The maximum absolute atomic E-state index is 6.18. The number of nitrogens with zero attached hydrogens (tertiary/aromatic N) is 2. The van der Waals surface area contributed by atoms with E-state index in [0.29, 0.717) is 5.02 Å². The van der Waals surface area contributed by atoms with E-state index in [1.807, 2.05) is 17.8 Å². The minimum atomic E-state index is 0.237. The molecule has 0 radical (unpaired) electrons. The van der Waals surface area contributed by atoms with Crippen LogP contribution in [0.5, 0.6) is 0 Å². The monoisotopic (exact) mass is 313 g/mol. The average Bonchev–Trinajstić information content (AvgIpc) is 2.98. The summed E-state index contributed by atoms with van der Waals surface area (Å²) in [5.41, 5.74) is 1.22. The van der Waals surface area contributed by atoms with Crippen molar-refractivity contribution in [3.05, 3.63) is 23.5 Å². The molecule has 6 heteroatoms. The van der Waals surface area contributed by atoms with Gasteiger partial charge in [-0.15, -0.1) is 0 Å². The lowest BCUT2D eigenvalue weighted by atomic mass is 9.95. The molecule has 110 valence electrons. The molecule has 2 saturated heterocycles. The average molecular weight is 314 g/mol. The molecule has 3 rings (SSSR count). The standard InChI is InChI=1S/C14H20ClN3OS/c15-12-9-16-3-1-13(12)17-10-14(2-8-20-11-14)18-4-6-19-7-5-18/h1,3,9H,2,4-8,10-11H2,(H,16,17)/t14-/m0/s1. The van der Waals surface area contributed by atoms with Crippen LogP contribution in [-0.2, 0) is 4.74 Å². The van der Waals surface area contributed by atoms with Crippen molar-refractivity contribution in [2.75, 3.05) is 49.7 Å². The van der Waals surface area contributed by atoms with Crippen molar-refractivity contribution in [3.8, 4) is 0 Å². The molecule has 2 aliphatic rings. The fourth-order valence-electron chi connectivity index (χ4n) is 2.91. The van der Waals surface area contributed by atoms with Crippen LogP contribution in [0, 0.1) is 0 Å². The maximum atomic E-state index is 6.18. The molecular weight excluding hydrogens is 294 g/mol. The van der Waals surface area contributed by atoms with Crippen molar-refractivity contribution in [1.29, 1.82) is 0 Å². The Hall–Kier alpha value is -0.490. The highest BCUT2D eigenvalue weighted by molar-refractivity contribution is 7.99. The summed E-state index contributed by atoms with van der Waals surface area (Å²) in [6.45, 7) is 4.70. The summed E-state index contributed by atoms with van der Waals surface area (Å²) in [6.07, 6.45) is 4.70. The second-order valence-electron chi connectivity index (χ2n) is 5.34. The molecule has 1 N–H and O–H groups in total. The Balaban J connectivity index is 1.69. The van der Waals surface area contributed by atoms with Gasteiger partial charge in [-0.25, -0.2) is 0 Å². The van der Waals surface area contributed by atoms with E-state index in [9.17, 15) is 0 Å². The first-order valence-corrected chi connectivity index (χ1v) is 8.57. The number of halogens is 1. The van der Waals surface area contributed by atoms with Crippen molar-refractivity contribution in [2.24, 2.45) is 0 Å². The molecule has 1 aromatic heterocycles. The predicted molar refractivity (Wildman–Crippen MR) is 84.8 cm³/mol. The number of nitrogens with one attached hydrogen (secondary N) is 1. The molecule has 0 aliphatic carbocycles. The summed E-state index contributed by atoms with van der Waals surface area (Å²) >= 11 is 8.22. The first-order valence-electron chi connectivity index (χ1n) is 7.04. The highest BCUT2D eigenvalue weighted by Gasteiger charge is 2.40. The minimum absolute atomic E-state index is 0.237. The third-order valence-electron chi connectivity index (χ3n) is 4.14. The second kappa shape index (κ2) is 6.52. The van der Waals surface area contributed by atoms with Gasteiger partial charge in [-0.1, -0.05) is 11.6 Å². The smallest absolute Gasteiger partial charge is 0.0820 e. The van der Waals surface area contributed by atoms with E-state index in [1.54, 1.807) is 12.4 Å². The van der Waals surface area contributed by atoms with Gasteiger partial charge in [0.25, 0.3) is 0 Å². The van der Waals surface area contributed by atoms with Crippen molar-refractivity contribution in [1.82, 2.24) is 9.88 Å². The van der Waals surface area contributed by atoms with Crippen LogP contribution in [0.2, 0.25) is 5.02 Å². The van der Waals surface area contributed by atoms with E-state index >= 15 is 0 Å². The lowest BCUT2D eigenvalue weighted by molar-refractivity contribution is -0.00920. The maximum Gasteiger partial charge on any atom is 0.0820 e. The van der Waals surface area contributed by atoms with E-state index in [2.05, 4.69) is 15.2 Å². The van der Waals surface area contributed by atoms with Gasteiger partial charge in [0.05, 0.1) is 23.9 Å². The topological polar surface area (TPSA) is 37.4 Å². The third kappa shape index (κ3) is 3.06. The lowest BCUT2D eigenvalue weighted by Crippen LogP contribution is -2.57. The second-order valence-corrected chi connectivity index (χ2v) is 6.85. The first kappa shape index (κ1) is 14.4. The van der Waals surface area contributed by atoms with E-state index < -0.39 is 0 Å². The van der Waals surface area contributed by atoms with E-state index in [1.165, 1.54) is 17.9 Å². The molecule has 0 bridgehead atoms. The summed E-state index contributed by atoms with van der Waals surface area (Å²) in [7, 11) is 0. The summed E-state index contributed by atoms with van der Waals surface area (Å²) in [5, 5.41) is 4.22. The number of hydrogen-bond donors (Lipinski definition) is 1. The molecule has 0 aromatic carbocycles. The van der Waals surface area contributed by atoms with Gasteiger partial charge < -0.3 is 10.1 Å². The number of rotatable bonds is 4. The first-order chi connectivity index (χ1) is 9.80. The molecule has 2 fully saturated rings. The van der Waals surface area contributed by atoms with E-state index in [4.69, 9.17) is 16.3 Å². The van der Waals surface area contributed by atoms with Crippen LogP contribution in [0.4, 0.5) is 5.69 Å². The number of morpholine rings is 1. The minimum Gasteiger partial charge on any atom is -0.382 e. The summed E-state index contributed by atoms with van der Waals surface area (Å²) in [5.74, 6) is 2.42. The molecule has 1 atom stereocenters. The molecule has 4 nitrogen and oxygen atoms in total. The Bertz CT molecular complexity index is 448. The Labute approximate surface area is 129 Å². The van der Waals surface area contributed by atoms with Crippen molar-refractivity contribution < 1.29 is 4.74 Å². The molecule has 2 aliphatic heterocycles. The van der Waals surface area contributed by atoms with Gasteiger partial charge in [-0.05, 0) is 18.2 Å². The number of hydrogen-bond acceptors (Lipinski definition) is 5. The molecular formula is C14H20ClN3OS. The van der Waals surface area contributed by atoms with E-state index in [0.717, 1.165) is 38.5 Å². The van der Waals surface area contributed by atoms with Crippen molar-refractivity contribution in [2.45, 2.75) is 12.0 Å². The molecule has 1 aromatic rings. The summed E-state index contributed by atoms with van der Waals surface area (Å²) in [6, 6.07) is 1.94. The van der Waals surface area contributed by atoms with Gasteiger partial charge >= 0.3 is 0 Å². The van der Waals surface area contributed by atoms with Crippen LogP contribution >= 0.6 is 23.4 Å². The van der Waals surface area contributed by atoms with E-state index in [-0.39, 0.29) is 5.54 Å². The van der Waals surface area contributed by atoms with Gasteiger partial charge in [0, 0.05) is 43.3 Å². The number of anilines is 1. The number of aromatic nitrogens is 1. The number of thioether (sulfide) groups is 1. The zero-order chi connectivity index (χ0) is 13.8. The van der Waals surface area contributed by atoms with Gasteiger partial charge in [-0.2, -0.15) is 11.8 Å². The Morgan fingerprint density at radius 1 is 1.45 bits per heavy atom. The molecule has 0 unspecified atom stereocenters. The fourth-order valence-corrected chi connectivity index (χ4v) is 4.58. The van der Waals surface area contributed by atoms with Crippen LogP contribution in [0.3, 0.4) is 0 Å². The summed E-state index contributed by atoms with van der Waals surface area (Å²) in [4.78, 5) is 6.62. The Morgan fingerprint density at radius 3 is 3.00 bits per heavy atom. The highest BCUT2D eigenvalue weighted by Crippen LogP contribution is 2.34. The quantitative estimate of drug-likeness (QED) is 0.923. The van der Waals surface area contributed by atoms with Crippen molar-refractivity contribution >= 4 is 29.1 Å². The Morgan fingerprint density at radius 2 is 2.30 bits per heavy atom. The highest BCUT2D eigenvalue weighted by atomic mass is 35.5. The normalized spacial score (nSPS) is 27.6. The van der Waals surface area contributed by atoms with Crippen LogP contribution in [-0.4, -0.2) is 59.8 Å². The van der Waals surface area contributed by atoms with Crippen LogP contribution in [0.1, 0.15) is 6.42 Å². The van der Waals surface area contributed by atoms with Crippen LogP contribution < -0.4 is 5.32 Å². The SMILES string of the molecule is Clc1cnccc1NC[C@@]1(N2CCOCC2)CCSC1. The molecule has 0 spiro atoms. The number of ether oxygens (including phenoxy) is 1. The van der Waals surface area contributed by atoms with Gasteiger partial charge in [0.2, 0.25) is 0 Å². The lowest BCUT2D eigenvalue weighted by Gasteiger charge is -2.43. The third-order valence-corrected chi connectivity index (χ3v) is 5.68. The molecule has 20 heavy (non-hydrogen) atoms. The van der Waals surface area contributed by atoms with Gasteiger partial charge in [-0.3, -0.25) is 9.88 Å². The van der Waals surface area contributed by atoms with Gasteiger partial charge in [0.15, 0.2) is 0 Å². The molecule has 3 heterocycles. The zero-order valence-electron chi connectivity index (χ0n) is 11.5. The van der Waals surface area contributed by atoms with Gasteiger partial charge in [0.1, 0.15) is 0 Å². The fraction of sp³-hybridized carbons (Fsp3) is 0.643. The van der Waals surface area contributed by atoms with Crippen LogP contribution in [0.25, 0.3) is 0 Å². The number of pyridine rings is 1. The zero-order valence-corrected chi connectivity index (χ0v) is 13.1. The Kier molecular flexibility index (Phi) is 4.71.